The van der Waals surface area contributed by atoms with Crippen molar-refractivity contribution in [2.45, 2.75) is 109 Å². The Kier molecular flexibility index (Phi) is 26.4. The van der Waals surface area contributed by atoms with E-state index in [1.165, 1.54) is 14.7 Å². The van der Waals surface area contributed by atoms with Crippen molar-refractivity contribution >= 4 is 85.9 Å². The van der Waals surface area contributed by atoms with Crippen LogP contribution in [0.4, 0.5) is 14.4 Å². The fourth-order valence-electron chi connectivity index (χ4n) is 18.3. The van der Waals surface area contributed by atoms with Crippen molar-refractivity contribution in [2.24, 2.45) is 11.8 Å². The maximum absolute atomic E-state index is 13.3. The van der Waals surface area contributed by atoms with Crippen molar-refractivity contribution in [1.82, 2.24) is 48.0 Å². The number of ketones is 3. The summed E-state index contributed by atoms with van der Waals surface area (Å²) in [4.78, 5) is 125. The van der Waals surface area contributed by atoms with Gasteiger partial charge in [-0.3, -0.25) is 48.4 Å². The second kappa shape index (κ2) is 37.0. The molecule has 0 aliphatic carbocycles. The van der Waals surface area contributed by atoms with Crippen molar-refractivity contribution in [3.63, 3.8) is 0 Å². The number of amides is 9. The minimum absolute atomic E-state index is 0. The van der Waals surface area contributed by atoms with Gasteiger partial charge in [-0.05, 0) is 138 Å². The predicted molar refractivity (Wildman–Crippen MR) is 434 cm³/mol. The number of fused-ring (bicyclic) bond motifs is 18. The number of aliphatic hydroxyl groups excluding tert-OH is 2. The number of carbonyl (C=O) groups is 9. The maximum Gasteiger partial charge on any atom is 0.326 e. The molecule has 12 heterocycles. The number of nitrogens with zero attached hydrogens (tertiary/aromatic N) is 10. The molecule has 0 radical (unpaired) electrons. The van der Waals surface area contributed by atoms with Gasteiger partial charge in [0.15, 0.2) is 17.3 Å². The van der Waals surface area contributed by atoms with Gasteiger partial charge in [-0.25, -0.2) is 14.4 Å². The van der Waals surface area contributed by atoms with Crippen LogP contribution in [0.15, 0.2) is 127 Å². The normalized spacial score (nSPS) is 19.2. The number of morpholine rings is 1. The molecule has 6 fully saturated rings. The zero-order chi connectivity index (χ0) is 81.3. The Labute approximate surface area is 702 Å². The molecular weight excluding hydrogens is 1560 g/mol. The van der Waals surface area contributed by atoms with Crippen LogP contribution in [0.5, 0.6) is 17.2 Å². The summed E-state index contributed by atoms with van der Waals surface area (Å²) in [6.45, 7) is 14.1. The average molecular weight is 1660 g/mol. The highest BCUT2D eigenvalue weighted by Crippen LogP contribution is 2.46. The number of aromatic nitrogens is 3. The number of likely N-dealkylation sites (N-methyl/N-ethyl adjacent to an activating group) is 3. The van der Waals surface area contributed by atoms with Crippen LogP contribution in [0.1, 0.15) is 151 Å². The van der Waals surface area contributed by atoms with Gasteiger partial charge in [-0.2, -0.15) is 0 Å². The van der Waals surface area contributed by atoms with Crippen molar-refractivity contribution in [3.05, 3.63) is 195 Å². The molecule has 119 heavy (non-hydrogen) atoms. The van der Waals surface area contributed by atoms with Crippen molar-refractivity contribution in [1.29, 1.82) is 0 Å². The SMILES string of the molecule is CCC(=O)c1ccc(Cn2c3c(c4cc(OCCN5CCOCC5)ccc42)C2CN(C3)C(=O)N(C)C2=O)cc1.CN1C(=O)[C@@H]2CN(Cc3c2c2cc(OCCC4CCOCC4)ccc2n3Cc2ccc(C(=O)CO)cc2)C1=O.CN1C(=O)[C@H]2CN(Cc3c2c2cc(OCCC4CCOCC4)ccc2n3Cc2ccc(C(=O)CO)cc2)C1=O.[Cl-].[Cl-]. The Hall–Kier alpha value is -10.5. The number of aliphatic hydroxyl groups is 2. The Morgan fingerprint density at radius 3 is 1.04 bits per heavy atom. The molecule has 0 spiro atoms. The van der Waals surface area contributed by atoms with Gasteiger partial charge >= 0.3 is 18.1 Å². The predicted octanol–water partition coefficient (Wildman–Crippen LogP) is 4.60. The molecule has 9 amide bonds. The van der Waals surface area contributed by atoms with Crippen LogP contribution in [0, 0.1) is 11.8 Å². The quantitative estimate of drug-likeness (QED) is 0.0782. The number of imide groups is 3. The minimum atomic E-state index is -0.526. The topological polar surface area (TPSA) is 287 Å². The van der Waals surface area contributed by atoms with Crippen molar-refractivity contribution in [3.8, 4) is 17.2 Å². The highest BCUT2D eigenvalue weighted by Gasteiger charge is 2.48. The van der Waals surface area contributed by atoms with E-state index in [4.69, 9.17) is 38.6 Å². The van der Waals surface area contributed by atoms with Gasteiger partial charge in [0.05, 0.1) is 63.8 Å². The first-order chi connectivity index (χ1) is 56.8. The second-order valence-corrected chi connectivity index (χ2v) is 31.9. The van der Waals surface area contributed by atoms with Crippen LogP contribution in [-0.4, -0.2) is 244 Å². The van der Waals surface area contributed by atoms with Gasteiger partial charge in [-0.1, -0.05) is 79.7 Å². The molecule has 6 aromatic carbocycles. The Morgan fingerprint density at radius 2 is 0.723 bits per heavy atom. The molecule has 6 saturated heterocycles. The first-order valence-electron chi connectivity index (χ1n) is 40.9. The Morgan fingerprint density at radius 1 is 0.412 bits per heavy atom. The smallest absolute Gasteiger partial charge is 0.326 e. The van der Waals surface area contributed by atoms with E-state index >= 15 is 0 Å². The molecule has 2 N–H and O–H groups in total. The van der Waals surface area contributed by atoms with Gasteiger partial charge < -0.3 is 91.8 Å². The summed E-state index contributed by atoms with van der Waals surface area (Å²) in [6, 6.07) is 39.5. The van der Waals surface area contributed by atoms with Crippen LogP contribution in [0.25, 0.3) is 32.7 Å². The molecule has 1 unspecified atom stereocenters. The number of rotatable bonds is 24. The molecular formula is C90H100Cl2N10O17-2. The molecule has 9 aliphatic heterocycles. The van der Waals surface area contributed by atoms with E-state index in [9.17, 15) is 43.2 Å². The van der Waals surface area contributed by atoms with E-state index in [2.05, 4.69) is 24.7 Å². The Bertz CT molecular complexity index is 4800. The molecule has 3 atom stereocenters. The van der Waals surface area contributed by atoms with Gasteiger partial charge in [0.25, 0.3) is 0 Å². The molecule has 9 aromatic rings. The lowest BCUT2D eigenvalue weighted by Crippen LogP contribution is -3.00. The summed E-state index contributed by atoms with van der Waals surface area (Å²) >= 11 is 0. The number of urea groups is 3. The number of ether oxygens (including phenoxy) is 6. The third-order valence-electron chi connectivity index (χ3n) is 24.9. The van der Waals surface area contributed by atoms with Crippen LogP contribution in [0.3, 0.4) is 0 Å². The summed E-state index contributed by atoms with van der Waals surface area (Å²) in [5.41, 5.74) is 13.4. The zero-order valence-electron chi connectivity index (χ0n) is 67.5. The van der Waals surface area contributed by atoms with Crippen LogP contribution in [-0.2, 0) is 67.9 Å². The highest BCUT2D eigenvalue weighted by molar-refractivity contribution is 6.07. The molecule has 628 valence electrons. The number of halogens is 2. The third-order valence-corrected chi connectivity index (χ3v) is 24.9. The third kappa shape index (κ3) is 17.4. The maximum atomic E-state index is 13.3. The lowest BCUT2D eigenvalue weighted by molar-refractivity contribution is -0.133. The molecule has 9 aliphatic rings. The van der Waals surface area contributed by atoms with E-state index in [1.54, 1.807) is 60.1 Å². The van der Waals surface area contributed by atoms with Crippen LogP contribution >= 0.6 is 0 Å². The molecule has 6 bridgehead atoms. The Balaban J connectivity index is 0.000000145. The van der Waals surface area contributed by atoms with Gasteiger partial charge in [0.2, 0.25) is 17.7 Å². The van der Waals surface area contributed by atoms with E-state index < -0.39 is 31.0 Å². The van der Waals surface area contributed by atoms with Crippen LogP contribution < -0.4 is 39.0 Å². The summed E-state index contributed by atoms with van der Waals surface area (Å²) in [5, 5.41) is 21.3. The highest BCUT2D eigenvalue weighted by atomic mass is 35.5. The molecule has 27 nitrogen and oxygen atoms in total. The monoisotopic (exact) mass is 1660 g/mol. The van der Waals surface area contributed by atoms with E-state index in [1.807, 2.05) is 104 Å². The number of Topliss-reactive ketones (excluding diaryl/α,β-unsaturated/α-hetero) is 3. The fourth-order valence-corrected chi connectivity index (χ4v) is 18.3. The molecule has 3 aromatic heterocycles. The summed E-state index contributed by atoms with van der Waals surface area (Å²) < 4.78 is 41.5. The van der Waals surface area contributed by atoms with Crippen molar-refractivity contribution in [2.75, 3.05) is 133 Å². The van der Waals surface area contributed by atoms with Crippen LogP contribution in [0.2, 0.25) is 0 Å². The van der Waals surface area contributed by atoms with Gasteiger partial charge in [0.1, 0.15) is 37.1 Å². The average Bonchev–Trinajstić information content (AvgIpc) is 1.57. The van der Waals surface area contributed by atoms with Crippen molar-refractivity contribution < 1.29 is 107 Å². The number of carbonyl (C=O) groups excluding carboxylic acids is 9. The summed E-state index contributed by atoms with van der Waals surface area (Å²) in [6.07, 6.45) is 6.72. The summed E-state index contributed by atoms with van der Waals surface area (Å²) in [5.74, 6) is 1.23. The number of hydrogen-bond acceptors (Lipinski definition) is 18. The minimum Gasteiger partial charge on any atom is -1.00 e. The molecule has 0 saturated carbocycles. The second-order valence-electron chi connectivity index (χ2n) is 31.9. The van der Waals surface area contributed by atoms with E-state index in [0.29, 0.717) is 114 Å². The fraction of sp³-hybridized carbons (Fsp3) is 0.433. The lowest BCUT2D eigenvalue weighted by Gasteiger charge is -2.41. The summed E-state index contributed by atoms with van der Waals surface area (Å²) in [7, 11) is 4.66. The van der Waals surface area contributed by atoms with Gasteiger partial charge in [-0.15, -0.1) is 0 Å². The lowest BCUT2D eigenvalue weighted by atomic mass is 9.89. The van der Waals surface area contributed by atoms with E-state index in [0.717, 1.165) is 198 Å². The standard InChI is InChI=1S/C30H34N4O5.2C30H33N3O6.2ClH/c1-3-27(35)21-6-4-20(5-7-21)17-34-25-9-8-22(39-15-12-32-10-13-38-14-11-32)16-23(25)28-24-18-33(19-26(28)34)30(37)31(2)29(24)36;2*1-31-29(36)24-16-32(30(31)37)17-26-28(24)23-14-22(39-13-10-19-8-11-38-12-9-19)6-7-25(23)33(26)15-20-2-4-21(5-3-20)27(35)18-34;;/h4-9,16,24H,3,10-15,17-19H2,1-2H3;2*2-7,14,19,24,34H,8-13,15-18H2,1H3;2*1H/p-2/t;2*24-;;/m.10../s1. The zero-order valence-corrected chi connectivity index (χ0v) is 69.0. The molecule has 18 rings (SSSR count). The number of hydrogen-bond donors (Lipinski definition) is 2. The largest absolute Gasteiger partial charge is 1.00 e. The number of benzene rings is 6. The van der Waals surface area contributed by atoms with E-state index in [-0.39, 0.29) is 78.0 Å². The first kappa shape index (κ1) is 84.9. The van der Waals surface area contributed by atoms with Gasteiger partial charge in [0, 0.05) is 179 Å². The first-order valence-corrected chi connectivity index (χ1v) is 40.9. The molecule has 29 heteroatoms.